The van der Waals surface area contributed by atoms with Gasteiger partial charge in [0.05, 0.1) is 6.10 Å². The highest BCUT2D eigenvalue weighted by Crippen LogP contribution is 2.67. The second kappa shape index (κ2) is 15.8. The normalized spacial score (nSPS) is 31.2. The summed E-state index contributed by atoms with van der Waals surface area (Å²) in [6.07, 6.45) is 2.30. The van der Waals surface area contributed by atoms with Crippen LogP contribution in [0.3, 0.4) is 0 Å². The summed E-state index contributed by atoms with van der Waals surface area (Å²) in [7, 11) is 0. The fraction of sp³-hybridized carbons (Fsp3) is 0.571. The first-order valence-corrected chi connectivity index (χ1v) is 21.3. The summed E-state index contributed by atoms with van der Waals surface area (Å²) in [6.45, 7) is 20.3. The van der Waals surface area contributed by atoms with E-state index >= 15 is 0 Å². The quantitative estimate of drug-likeness (QED) is 0.117. The highest BCUT2D eigenvalue weighted by atomic mass is 16.6. The van der Waals surface area contributed by atoms with E-state index < -0.39 is 65.2 Å². The summed E-state index contributed by atoms with van der Waals surface area (Å²) in [4.78, 5) is 39.2. The lowest BCUT2D eigenvalue weighted by atomic mass is 9.45. The highest BCUT2D eigenvalue weighted by molar-refractivity contribution is 5.80. The Labute approximate surface area is 344 Å². The number of fused-ring (bicyclic) bond motifs is 7. The third-order valence-electron chi connectivity index (χ3n) is 15.2. The van der Waals surface area contributed by atoms with E-state index in [2.05, 4.69) is 64.7 Å². The Bertz CT molecular complexity index is 1980. The van der Waals surface area contributed by atoms with Gasteiger partial charge in [-0.2, -0.15) is 0 Å². The number of esters is 2. The van der Waals surface area contributed by atoms with Gasteiger partial charge in [0.15, 0.2) is 0 Å². The number of aliphatic hydroxyl groups is 2. The minimum Gasteiger partial charge on any atom is -0.458 e. The van der Waals surface area contributed by atoms with Gasteiger partial charge in [-0.1, -0.05) is 115 Å². The van der Waals surface area contributed by atoms with Crippen molar-refractivity contribution in [2.75, 3.05) is 13.2 Å². The van der Waals surface area contributed by atoms with E-state index in [0.717, 1.165) is 71.1 Å². The summed E-state index contributed by atoms with van der Waals surface area (Å²) in [5, 5.41) is 27.0. The fourth-order valence-corrected chi connectivity index (χ4v) is 12.1. The van der Waals surface area contributed by atoms with Crippen molar-refractivity contribution >= 4 is 18.0 Å². The fourth-order valence-electron chi connectivity index (χ4n) is 12.1. The SMILES string of the molecule is C=C(CC[C@@H](C)[C@H]1CC=C2C3=C([C@@H](O)[C@H](OC(C)=O)C21C)C1(C)C[C@@H](OC(=O)CNC(=O)OCC2c4ccccc4-c4ccccc42)[C@H](O)C(C)(C)[C@@H]1CC3)C(C)C. The van der Waals surface area contributed by atoms with Crippen LogP contribution in [0.1, 0.15) is 111 Å². The van der Waals surface area contributed by atoms with Gasteiger partial charge in [-0.15, -0.1) is 0 Å². The van der Waals surface area contributed by atoms with Gasteiger partial charge >= 0.3 is 18.0 Å². The first-order chi connectivity index (χ1) is 27.4. The Balaban J connectivity index is 1.07. The molecule has 2 aromatic rings. The molecular weight excluding hydrogens is 731 g/mol. The maximum Gasteiger partial charge on any atom is 0.407 e. The molecule has 0 heterocycles. The first kappa shape index (κ1) is 41.9. The van der Waals surface area contributed by atoms with Crippen molar-refractivity contribution in [3.8, 4) is 11.1 Å². The number of aliphatic hydroxyl groups excluding tert-OH is 2. The number of hydrogen-bond acceptors (Lipinski definition) is 8. The molecule has 0 spiro atoms. The average Bonchev–Trinajstić information content (AvgIpc) is 3.70. The van der Waals surface area contributed by atoms with Gasteiger partial charge in [0.2, 0.25) is 0 Å². The Morgan fingerprint density at radius 1 is 0.948 bits per heavy atom. The molecule has 9 heteroatoms. The monoisotopic (exact) mass is 793 g/mol. The number of ether oxygens (including phenoxy) is 3. The Morgan fingerprint density at radius 2 is 1.59 bits per heavy atom. The second-order valence-electron chi connectivity index (χ2n) is 19.1. The zero-order valence-corrected chi connectivity index (χ0v) is 35.6. The van der Waals surface area contributed by atoms with Gasteiger partial charge in [0.25, 0.3) is 0 Å². The molecule has 0 radical (unpaired) electrons. The van der Waals surface area contributed by atoms with Crippen LogP contribution in [0.15, 0.2) is 83.5 Å². The summed E-state index contributed by atoms with van der Waals surface area (Å²) in [5.74, 6) is -0.442. The van der Waals surface area contributed by atoms with Crippen LogP contribution in [0.5, 0.6) is 0 Å². The summed E-state index contributed by atoms with van der Waals surface area (Å²) < 4.78 is 17.8. The predicted octanol–water partition coefficient (Wildman–Crippen LogP) is 8.83. The van der Waals surface area contributed by atoms with E-state index in [1.54, 1.807) is 0 Å². The maximum atomic E-state index is 13.4. The second-order valence-corrected chi connectivity index (χ2v) is 19.1. The average molecular weight is 794 g/mol. The standard InChI is InChI=1S/C49H63NO8/c1-27(2)28(3)18-19-29(4)37-21-22-38-35-20-23-40-47(6,7)44(54)39(24-48(40,8)42(35)43(53)45(49(37,38)9)57-30(5)51)58-41(52)25-50-46(55)56-26-36-33-16-12-10-14-31(33)32-15-11-13-17-34(32)36/h10-17,22,27,29,36-37,39-40,43-45,53-54H,3,18-21,23-26H2,1-2,4-9H3,(H,50,55)/t29-,37-,39-,40+,43-,44+,45+,48?,49?/m1/s1. The van der Waals surface area contributed by atoms with Gasteiger partial charge in [0.1, 0.15) is 31.5 Å². The van der Waals surface area contributed by atoms with Crippen LogP contribution in [-0.4, -0.2) is 65.8 Å². The number of carbonyl (C=O) groups excluding carboxylic acids is 3. The third-order valence-corrected chi connectivity index (χ3v) is 15.2. The molecule has 7 rings (SSSR count). The summed E-state index contributed by atoms with van der Waals surface area (Å²) in [6, 6.07) is 16.2. The topological polar surface area (TPSA) is 131 Å². The largest absolute Gasteiger partial charge is 0.458 e. The van der Waals surface area contributed by atoms with Crippen LogP contribution in [0.25, 0.3) is 11.1 Å². The van der Waals surface area contributed by atoms with Gasteiger partial charge in [-0.05, 0) is 112 Å². The van der Waals surface area contributed by atoms with Crippen LogP contribution >= 0.6 is 0 Å². The molecular formula is C49H63NO8. The van der Waals surface area contributed by atoms with Gasteiger partial charge in [0, 0.05) is 18.3 Å². The molecule has 1 saturated carbocycles. The van der Waals surface area contributed by atoms with Crippen molar-refractivity contribution in [3.05, 3.63) is 94.6 Å². The van der Waals surface area contributed by atoms with Crippen molar-refractivity contribution in [2.45, 2.75) is 124 Å². The lowest BCUT2D eigenvalue weighted by Crippen LogP contribution is -2.63. The molecule has 58 heavy (non-hydrogen) atoms. The summed E-state index contributed by atoms with van der Waals surface area (Å²) >= 11 is 0. The molecule has 5 aliphatic rings. The third kappa shape index (κ3) is 7.04. The number of hydrogen-bond donors (Lipinski definition) is 3. The first-order valence-electron chi connectivity index (χ1n) is 21.3. The lowest BCUT2D eigenvalue weighted by Gasteiger charge is -2.62. The number of amides is 1. The Kier molecular flexibility index (Phi) is 11.4. The molecule has 2 unspecified atom stereocenters. The van der Waals surface area contributed by atoms with Crippen LogP contribution in [0.4, 0.5) is 4.79 Å². The molecule has 1 amide bonds. The smallest absolute Gasteiger partial charge is 0.407 e. The molecule has 1 fully saturated rings. The zero-order chi connectivity index (χ0) is 41.9. The minimum atomic E-state index is -1.08. The van der Waals surface area contributed by atoms with Crippen LogP contribution in [0.2, 0.25) is 0 Å². The van der Waals surface area contributed by atoms with Crippen molar-refractivity contribution in [2.24, 2.45) is 39.9 Å². The summed E-state index contributed by atoms with van der Waals surface area (Å²) in [5.41, 5.74) is 6.77. The molecule has 9 atom stereocenters. The number of rotatable bonds is 11. The van der Waals surface area contributed by atoms with Crippen molar-refractivity contribution in [1.82, 2.24) is 5.32 Å². The van der Waals surface area contributed by atoms with E-state index in [-0.39, 0.29) is 30.8 Å². The predicted molar refractivity (Wildman–Crippen MR) is 223 cm³/mol. The molecule has 0 saturated heterocycles. The number of nitrogens with one attached hydrogen (secondary N) is 1. The molecule has 9 nitrogen and oxygen atoms in total. The highest BCUT2D eigenvalue weighted by Gasteiger charge is 2.65. The van der Waals surface area contributed by atoms with Gasteiger partial charge < -0.3 is 29.7 Å². The van der Waals surface area contributed by atoms with Crippen LogP contribution in [0, 0.1) is 39.9 Å². The number of benzene rings is 2. The molecule has 0 aromatic heterocycles. The lowest BCUT2D eigenvalue weighted by molar-refractivity contribution is -0.193. The van der Waals surface area contributed by atoms with E-state index in [1.165, 1.54) is 12.5 Å². The van der Waals surface area contributed by atoms with E-state index in [1.807, 2.05) is 50.2 Å². The Hall–Kier alpha value is -4.21. The van der Waals surface area contributed by atoms with Crippen LogP contribution in [-0.2, 0) is 23.8 Å². The maximum absolute atomic E-state index is 13.4. The van der Waals surface area contributed by atoms with Crippen molar-refractivity contribution < 1.29 is 38.8 Å². The Morgan fingerprint density at radius 3 is 2.21 bits per heavy atom. The molecule has 0 aliphatic heterocycles. The number of carbonyl (C=O) groups is 3. The minimum absolute atomic E-state index is 0.0570. The van der Waals surface area contributed by atoms with Gasteiger partial charge in [-0.3, -0.25) is 9.59 Å². The van der Waals surface area contributed by atoms with Crippen molar-refractivity contribution in [3.63, 3.8) is 0 Å². The zero-order valence-electron chi connectivity index (χ0n) is 35.6. The molecule has 0 bridgehead atoms. The van der Waals surface area contributed by atoms with Gasteiger partial charge in [-0.25, -0.2) is 4.79 Å². The van der Waals surface area contributed by atoms with E-state index in [9.17, 15) is 24.6 Å². The molecule has 2 aromatic carbocycles. The van der Waals surface area contributed by atoms with Crippen LogP contribution < -0.4 is 5.32 Å². The van der Waals surface area contributed by atoms with Crippen molar-refractivity contribution in [1.29, 1.82) is 0 Å². The molecule has 5 aliphatic carbocycles. The van der Waals surface area contributed by atoms with E-state index in [4.69, 9.17) is 14.2 Å². The molecule has 3 N–H and O–H groups in total. The number of alkyl carbamates (subject to hydrolysis) is 1. The molecule has 312 valence electrons. The van der Waals surface area contributed by atoms with E-state index in [0.29, 0.717) is 11.8 Å². The number of allylic oxidation sites excluding steroid dienone is 3.